The van der Waals surface area contributed by atoms with Gasteiger partial charge in [0.05, 0.1) is 6.33 Å². The fourth-order valence-electron chi connectivity index (χ4n) is 5.55. The number of anilines is 5. The number of likely N-dealkylation sites (N-methyl/N-ethyl adjacent to an activating group) is 1. The van der Waals surface area contributed by atoms with Gasteiger partial charge >= 0.3 is 0 Å². The second kappa shape index (κ2) is 15.0. The van der Waals surface area contributed by atoms with Gasteiger partial charge in [0.25, 0.3) is 5.91 Å². The van der Waals surface area contributed by atoms with Crippen molar-refractivity contribution in [1.29, 1.82) is 0 Å². The number of carbonyl (C=O) groups is 2. The molecule has 1 aliphatic rings. The van der Waals surface area contributed by atoms with Gasteiger partial charge in [-0.25, -0.2) is 4.98 Å². The lowest BCUT2D eigenvalue weighted by atomic mass is 9.91. The Bertz CT molecular complexity index is 1670. The average molecular weight is 625 g/mol. The van der Waals surface area contributed by atoms with Crippen LogP contribution in [-0.4, -0.2) is 76.0 Å². The summed E-state index contributed by atoms with van der Waals surface area (Å²) in [6.45, 7) is 4.81. The maximum Gasteiger partial charge on any atom is 0.255 e. The van der Waals surface area contributed by atoms with Gasteiger partial charge in [-0.15, -0.1) is 0 Å². The Hall–Kier alpha value is -4.81. The number of hydrogen-bond acceptors (Lipinski definition) is 9. The molecule has 0 bridgehead atoms. The van der Waals surface area contributed by atoms with Crippen LogP contribution in [-0.2, 0) is 4.79 Å². The minimum atomic E-state index is -0.264. The Kier molecular flexibility index (Phi) is 10.6. The standard InChI is InChI=1S/C34H44N10O2/c1-22(2)44-21-36-30-31(41-34(42-32(30)44)40-25-15-17-28(18-16-25)43(4)5)38-26-8-6-9-27(20-26)39-33(46)23-11-13-24(14-12-23)37-29(45)10-7-19-35-3/h6-14,20-22,25,28,35H,15-19H2,1-5H3,(H,37,45)(H,39,46)(H2,38,40,41,42)/b10-7+. The molecule has 0 aliphatic heterocycles. The Morgan fingerprint density at radius 2 is 1.72 bits per heavy atom. The summed E-state index contributed by atoms with van der Waals surface area (Å²) in [6.07, 6.45) is 9.39. The van der Waals surface area contributed by atoms with E-state index in [0.29, 0.717) is 52.8 Å². The zero-order valence-corrected chi connectivity index (χ0v) is 27.2. The quantitative estimate of drug-likeness (QED) is 0.131. The van der Waals surface area contributed by atoms with Crippen LogP contribution in [0.3, 0.4) is 0 Å². The fraction of sp³-hybridized carbons (Fsp3) is 0.382. The summed E-state index contributed by atoms with van der Waals surface area (Å²) in [5, 5.41) is 15.7. The highest BCUT2D eigenvalue weighted by molar-refractivity contribution is 6.05. The number of carbonyl (C=O) groups excluding carboxylic acids is 2. The zero-order chi connectivity index (χ0) is 32.6. The highest BCUT2D eigenvalue weighted by Crippen LogP contribution is 2.29. The molecule has 2 heterocycles. The van der Waals surface area contributed by atoms with Crippen LogP contribution in [0.4, 0.5) is 28.8 Å². The predicted octanol–water partition coefficient (Wildman–Crippen LogP) is 5.40. The van der Waals surface area contributed by atoms with Crippen LogP contribution < -0.4 is 26.6 Å². The van der Waals surface area contributed by atoms with Crippen molar-refractivity contribution in [3.05, 3.63) is 72.6 Å². The molecule has 1 saturated carbocycles. The number of aromatic nitrogens is 4. The van der Waals surface area contributed by atoms with E-state index in [1.54, 1.807) is 36.7 Å². The summed E-state index contributed by atoms with van der Waals surface area (Å²) in [5.74, 6) is 0.669. The molecular weight excluding hydrogens is 580 g/mol. The van der Waals surface area contributed by atoms with Gasteiger partial charge in [0.2, 0.25) is 11.9 Å². The number of nitrogens with one attached hydrogen (secondary N) is 5. The molecule has 242 valence electrons. The molecule has 46 heavy (non-hydrogen) atoms. The molecule has 5 rings (SSSR count). The van der Waals surface area contributed by atoms with E-state index in [0.717, 1.165) is 37.0 Å². The van der Waals surface area contributed by atoms with Crippen molar-refractivity contribution in [2.75, 3.05) is 49.0 Å². The van der Waals surface area contributed by atoms with Crippen LogP contribution in [0.1, 0.15) is 55.9 Å². The molecule has 1 fully saturated rings. The van der Waals surface area contributed by atoms with E-state index in [1.807, 2.05) is 35.9 Å². The topological polar surface area (TPSA) is 141 Å². The number of rotatable bonds is 12. The summed E-state index contributed by atoms with van der Waals surface area (Å²) >= 11 is 0. The minimum absolute atomic E-state index is 0.181. The first kappa shape index (κ1) is 32.6. The predicted molar refractivity (Wildman–Crippen MR) is 185 cm³/mol. The second-order valence-corrected chi connectivity index (χ2v) is 12.1. The first-order valence-electron chi connectivity index (χ1n) is 15.8. The summed E-state index contributed by atoms with van der Waals surface area (Å²) in [6, 6.07) is 15.3. The van der Waals surface area contributed by atoms with Gasteiger partial charge < -0.3 is 36.1 Å². The maximum atomic E-state index is 13.0. The van der Waals surface area contributed by atoms with Crippen molar-refractivity contribution in [3.8, 4) is 0 Å². The summed E-state index contributed by atoms with van der Waals surface area (Å²) in [5.41, 5.74) is 3.88. The molecule has 0 radical (unpaired) electrons. The Balaban J connectivity index is 1.29. The molecule has 2 amide bonds. The van der Waals surface area contributed by atoms with E-state index < -0.39 is 0 Å². The summed E-state index contributed by atoms with van der Waals surface area (Å²) < 4.78 is 2.05. The van der Waals surface area contributed by atoms with Crippen molar-refractivity contribution in [2.24, 2.45) is 0 Å². The number of benzene rings is 2. The van der Waals surface area contributed by atoms with Gasteiger partial charge in [-0.2, -0.15) is 9.97 Å². The second-order valence-electron chi connectivity index (χ2n) is 12.1. The Morgan fingerprint density at radius 1 is 0.978 bits per heavy atom. The van der Waals surface area contributed by atoms with Crippen molar-refractivity contribution in [1.82, 2.24) is 29.7 Å². The third-order valence-electron chi connectivity index (χ3n) is 8.13. The molecule has 2 aromatic heterocycles. The van der Waals surface area contributed by atoms with Crippen LogP contribution in [0, 0.1) is 0 Å². The number of nitrogens with zero attached hydrogens (tertiary/aromatic N) is 5. The SMILES string of the molecule is CNC/C=C/C(=O)Nc1ccc(C(=O)Nc2cccc(Nc3nc(NC4CCC(N(C)C)CC4)nc4c3ncn4C(C)C)c2)cc1. The molecule has 1 aliphatic carbocycles. The highest BCUT2D eigenvalue weighted by atomic mass is 16.2. The zero-order valence-electron chi connectivity index (χ0n) is 27.2. The number of imidazole rings is 1. The maximum absolute atomic E-state index is 13.0. The van der Waals surface area contributed by atoms with Gasteiger partial charge in [-0.1, -0.05) is 12.1 Å². The molecule has 0 atom stereocenters. The lowest BCUT2D eigenvalue weighted by Crippen LogP contribution is -2.36. The normalized spacial score (nSPS) is 16.7. The monoisotopic (exact) mass is 624 g/mol. The molecule has 0 saturated heterocycles. The summed E-state index contributed by atoms with van der Waals surface area (Å²) in [7, 11) is 6.10. The van der Waals surface area contributed by atoms with Gasteiger partial charge in [0.1, 0.15) is 0 Å². The number of amides is 2. The molecular formula is C34H44N10O2. The van der Waals surface area contributed by atoms with Crippen LogP contribution >= 0.6 is 0 Å². The molecule has 2 aromatic carbocycles. The van der Waals surface area contributed by atoms with E-state index in [4.69, 9.17) is 9.97 Å². The smallest absolute Gasteiger partial charge is 0.255 e. The Morgan fingerprint density at radius 3 is 2.41 bits per heavy atom. The molecule has 12 nitrogen and oxygen atoms in total. The molecule has 5 N–H and O–H groups in total. The lowest BCUT2D eigenvalue weighted by molar-refractivity contribution is -0.111. The number of hydrogen-bond donors (Lipinski definition) is 5. The van der Waals surface area contributed by atoms with E-state index in [1.165, 1.54) is 6.08 Å². The highest BCUT2D eigenvalue weighted by Gasteiger charge is 2.24. The average Bonchev–Trinajstić information content (AvgIpc) is 3.47. The molecule has 0 spiro atoms. The minimum Gasteiger partial charge on any atom is -0.351 e. The van der Waals surface area contributed by atoms with E-state index in [-0.39, 0.29) is 17.9 Å². The van der Waals surface area contributed by atoms with Gasteiger partial charge in [-0.3, -0.25) is 9.59 Å². The molecule has 0 unspecified atom stereocenters. The first-order chi connectivity index (χ1) is 22.2. The molecule has 4 aromatic rings. The van der Waals surface area contributed by atoms with Crippen molar-refractivity contribution in [3.63, 3.8) is 0 Å². The van der Waals surface area contributed by atoms with Crippen LogP contribution in [0.5, 0.6) is 0 Å². The largest absolute Gasteiger partial charge is 0.351 e. The third kappa shape index (κ3) is 8.26. The van der Waals surface area contributed by atoms with Crippen LogP contribution in [0.2, 0.25) is 0 Å². The van der Waals surface area contributed by atoms with Crippen molar-refractivity contribution < 1.29 is 9.59 Å². The fourth-order valence-corrected chi connectivity index (χ4v) is 5.55. The van der Waals surface area contributed by atoms with Gasteiger partial charge in [-0.05, 0) is 103 Å². The van der Waals surface area contributed by atoms with Crippen LogP contribution in [0.25, 0.3) is 11.2 Å². The Labute approximate surface area is 270 Å². The van der Waals surface area contributed by atoms with Gasteiger partial charge in [0.15, 0.2) is 17.0 Å². The van der Waals surface area contributed by atoms with Gasteiger partial charge in [0, 0.05) is 53.4 Å². The first-order valence-corrected chi connectivity index (χ1v) is 15.8. The lowest BCUT2D eigenvalue weighted by Gasteiger charge is -2.33. The molecule has 12 heteroatoms. The van der Waals surface area contributed by atoms with E-state index in [9.17, 15) is 9.59 Å². The summed E-state index contributed by atoms with van der Waals surface area (Å²) in [4.78, 5) is 41.8. The van der Waals surface area contributed by atoms with E-state index >= 15 is 0 Å². The number of fused-ring (bicyclic) bond motifs is 1. The van der Waals surface area contributed by atoms with Crippen LogP contribution in [0.15, 0.2) is 67.0 Å². The van der Waals surface area contributed by atoms with Crippen molar-refractivity contribution in [2.45, 2.75) is 57.7 Å². The van der Waals surface area contributed by atoms with Crippen molar-refractivity contribution >= 4 is 51.8 Å². The third-order valence-corrected chi connectivity index (χ3v) is 8.13. The van der Waals surface area contributed by atoms with E-state index in [2.05, 4.69) is 64.4 Å².